The topological polar surface area (TPSA) is 21.7 Å². The lowest BCUT2D eigenvalue weighted by Crippen LogP contribution is -2.43. The highest BCUT2D eigenvalue weighted by molar-refractivity contribution is 4.90. The monoisotopic (exact) mass is 201 g/mol. The molecule has 84 valence electrons. The molecule has 1 unspecified atom stereocenters. The van der Waals surface area contributed by atoms with Gasteiger partial charge < -0.3 is 9.47 Å². The predicted octanol–water partition coefficient (Wildman–Crippen LogP) is 1.52. The Hall–Kier alpha value is -0.120. The highest BCUT2D eigenvalue weighted by Crippen LogP contribution is 2.24. The van der Waals surface area contributed by atoms with Crippen LogP contribution in [0.5, 0.6) is 0 Å². The van der Waals surface area contributed by atoms with Gasteiger partial charge in [0.2, 0.25) is 0 Å². The lowest BCUT2D eigenvalue weighted by atomic mass is 10.1. The molecule has 3 atom stereocenters. The van der Waals surface area contributed by atoms with Crippen LogP contribution in [-0.2, 0) is 9.47 Å². The fourth-order valence-electron chi connectivity index (χ4n) is 2.23. The molecular formula is C11H23NO2. The maximum Gasteiger partial charge on any atom is 0.0771 e. The third kappa shape index (κ3) is 2.69. The highest BCUT2D eigenvalue weighted by Gasteiger charge is 2.36. The van der Waals surface area contributed by atoms with Gasteiger partial charge in [-0.2, -0.15) is 0 Å². The fourth-order valence-corrected chi connectivity index (χ4v) is 2.23. The first-order chi connectivity index (χ1) is 6.56. The molecule has 1 aliphatic rings. The molecule has 0 aromatic carbocycles. The fraction of sp³-hybridized carbons (Fsp3) is 1.00. The average Bonchev–Trinajstić information content (AvgIpc) is 2.45. The number of likely N-dealkylation sites (N-methyl/N-ethyl adjacent to an activating group) is 1. The van der Waals surface area contributed by atoms with Crippen LogP contribution < -0.4 is 0 Å². The van der Waals surface area contributed by atoms with Gasteiger partial charge in [-0.3, -0.25) is 4.90 Å². The molecule has 0 aromatic rings. The molecule has 1 rings (SSSR count). The number of hydrogen-bond donors (Lipinski definition) is 0. The average molecular weight is 201 g/mol. The van der Waals surface area contributed by atoms with E-state index in [2.05, 4.69) is 32.7 Å². The summed E-state index contributed by atoms with van der Waals surface area (Å²) in [5.74, 6) is 0. The first-order valence-electron chi connectivity index (χ1n) is 5.44. The van der Waals surface area contributed by atoms with Gasteiger partial charge in [-0.1, -0.05) is 0 Å². The lowest BCUT2D eigenvalue weighted by Gasteiger charge is -2.30. The predicted molar refractivity (Wildman–Crippen MR) is 57.5 cm³/mol. The second kappa shape index (κ2) is 5.10. The zero-order valence-corrected chi connectivity index (χ0v) is 9.99. The van der Waals surface area contributed by atoms with Crippen LogP contribution in [0, 0.1) is 0 Å². The molecule has 0 aliphatic carbocycles. The van der Waals surface area contributed by atoms with Crippen LogP contribution in [0.2, 0.25) is 0 Å². The van der Waals surface area contributed by atoms with E-state index in [-0.39, 0.29) is 6.10 Å². The van der Waals surface area contributed by atoms with E-state index in [0.29, 0.717) is 18.2 Å². The van der Waals surface area contributed by atoms with Crippen LogP contribution in [0.15, 0.2) is 0 Å². The number of nitrogens with zero attached hydrogens (tertiary/aromatic N) is 1. The summed E-state index contributed by atoms with van der Waals surface area (Å²) in [6.07, 6.45) is 1.99. The Morgan fingerprint density at radius 2 is 1.93 bits per heavy atom. The molecule has 0 bridgehead atoms. The number of likely N-dealkylation sites (tertiary alicyclic amines) is 1. The molecule has 0 spiro atoms. The van der Waals surface area contributed by atoms with Crippen LogP contribution in [-0.4, -0.2) is 50.0 Å². The third-order valence-corrected chi connectivity index (χ3v) is 2.96. The van der Waals surface area contributed by atoms with E-state index in [4.69, 9.17) is 9.47 Å². The molecule has 0 N–H and O–H groups in total. The Bertz CT molecular complexity index is 173. The second-order valence-corrected chi connectivity index (χ2v) is 4.42. The summed E-state index contributed by atoms with van der Waals surface area (Å²) in [5.41, 5.74) is 0. The van der Waals surface area contributed by atoms with E-state index in [0.717, 1.165) is 13.0 Å². The van der Waals surface area contributed by atoms with Crippen molar-refractivity contribution in [2.24, 2.45) is 0 Å². The Balaban J connectivity index is 2.57. The summed E-state index contributed by atoms with van der Waals surface area (Å²) in [5, 5.41) is 0. The van der Waals surface area contributed by atoms with Crippen molar-refractivity contribution in [1.29, 1.82) is 0 Å². The van der Waals surface area contributed by atoms with Gasteiger partial charge in [0, 0.05) is 13.7 Å². The van der Waals surface area contributed by atoms with Crippen molar-refractivity contribution in [1.82, 2.24) is 4.90 Å². The molecule has 1 fully saturated rings. The summed E-state index contributed by atoms with van der Waals surface area (Å²) >= 11 is 0. The van der Waals surface area contributed by atoms with E-state index in [1.807, 2.05) is 0 Å². The van der Waals surface area contributed by atoms with E-state index < -0.39 is 0 Å². The summed E-state index contributed by atoms with van der Waals surface area (Å²) < 4.78 is 11.3. The molecule has 3 heteroatoms. The minimum atomic E-state index is 0.242. The molecule has 0 amide bonds. The van der Waals surface area contributed by atoms with Crippen molar-refractivity contribution in [2.75, 3.05) is 20.7 Å². The minimum Gasteiger partial charge on any atom is -0.380 e. The van der Waals surface area contributed by atoms with Crippen molar-refractivity contribution >= 4 is 0 Å². The normalized spacial score (nSPS) is 31.3. The zero-order valence-electron chi connectivity index (χ0n) is 9.99. The van der Waals surface area contributed by atoms with Crippen molar-refractivity contribution in [3.05, 3.63) is 0 Å². The van der Waals surface area contributed by atoms with E-state index in [1.54, 1.807) is 7.11 Å². The van der Waals surface area contributed by atoms with Gasteiger partial charge in [-0.05, 0) is 34.2 Å². The Labute approximate surface area is 87.4 Å². The summed E-state index contributed by atoms with van der Waals surface area (Å²) in [6.45, 7) is 7.40. The van der Waals surface area contributed by atoms with E-state index in [1.165, 1.54) is 0 Å². The minimum absolute atomic E-state index is 0.242. The maximum absolute atomic E-state index is 5.90. The number of ether oxygens (including phenoxy) is 2. The van der Waals surface area contributed by atoms with Gasteiger partial charge in [-0.25, -0.2) is 0 Å². The standard InChI is InChI=1S/C11H23NO2/c1-8(2)14-10-6-7-12(4)11(10)9(3)13-5/h8-11H,6-7H2,1-5H3/t9-,10?,11+/m0/s1. The van der Waals surface area contributed by atoms with E-state index in [9.17, 15) is 0 Å². The van der Waals surface area contributed by atoms with Gasteiger partial charge in [0.05, 0.1) is 24.4 Å². The Kier molecular flexibility index (Phi) is 4.35. The van der Waals surface area contributed by atoms with Gasteiger partial charge in [0.1, 0.15) is 0 Å². The Morgan fingerprint density at radius 1 is 1.29 bits per heavy atom. The molecule has 0 saturated carbocycles. The van der Waals surface area contributed by atoms with Gasteiger partial charge in [-0.15, -0.1) is 0 Å². The quantitative estimate of drug-likeness (QED) is 0.688. The molecule has 3 nitrogen and oxygen atoms in total. The summed E-state index contributed by atoms with van der Waals surface area (Å²) in [6, 6.07) is 0.405. The molecule has 0 radical (unpaired) electrons. The highest BCUT2D eigenvalue weighted by atomic mass is 16.5. The van der Waals surface area contributed by atoms with Crippen LogP contribution in [0.4, 0.5) is 0 Å². The second-order valence-electron chi connectivity index (χ2n) is 4.42. The van der Waals surface area contributed by atoms with Gasteiger partial charge in [0.15, 0.2) is 0 Å². The zero-order chi connectivity index (χ0) is 10.7. The van der Waals surface area contributed by atoms with Crippen LogP contribution in [0.25, 0.3) is 0 Å². The first kappa shape index (κ1) is 12.0. The molecule has 1 aliphatic heterocycles. The van der Waals surface area contributed by atoms with E-state index >= 15 is 0 Å². The van der Waals surface area contributed by atoms with Gasteiger partial charge >= 0.3 is 0 Å². The molecular weight excluding hydrogens is 178 g/mol. The largest absolute Gasteiger partial charge is 0.380 e. The molecule has 1 heterocycles. The first-order valence-corrected chi connectivity index (χ1v) is 5.44. The number of hydrogen-bond acceptors (Lipinski definition) is 3. The SMILES string of the molecule is CO[C@@H](C)[C@@H]1C(OC(C)C)CCN1C. The molecule has 1 saturated heterocycles. The molecule has 0 aromatic heterocycles. The van der Waals surface area contributed by atoms with Gasteiger partial charge in [0.25, 0.3) is 0 Å². The van der Waals surface area contributed by atoms with Crippen molar-refractivity contribution in [2.45, 2.75) is 51.5 Å². The smallest absolute Gasteiger partial charge is 0.0771 e. The lowest BCUT2D eigenvalue weighted by molar-refractivity contribution is -0.0513. The van der Waals surface area contributed by atoms with Crippen molar-refractivity contribution in [3.8, 4) is 0 Å². The Morgan fingerprint density at radius 3 is 2.43 bits per heavy atom. The number of methoxy groups -OCH3 is 1. The van der Waals surface area contributed by atoms with Crippen LogP contribution in [0.3, 0.4) is 0 Å². The summed E-state index contributed by atoms with van der Waals surface area (Å²) in [7, 11) is 3.91. The van der Waals surface area contributed by atoms with Crippen molar-refractivity contribution in [3.63, 3.8) is 0 Å². The van der Waals surface area contributed by atoms with Crippen LogP contribution in [0.1, 0.15) is 27.2 Å². The number of rotatable bonds is 4. The molecule has 14 heavy (non-hydrogen) atoms. The maximum atomic E-state index is 5.90. The van der Waals surface area contributed by atoms with Crippen molar-refractivity contribution < 1.29 is 9.47 Å². The van der Waals surface area contributed by atoms with Crippen LogP contribution >= 0.6 is 0 Å². The summed E-state index contributed by atoms with van der Waals surface area (Å²) in [4.78, 5) is 2.33. The third-order valence-electron chi connectivity index (χ3n) is 2.96.